The van der Waals surface area contributed by atoms with Crippen molar-refractivity contribution in [1.82, 2.24) is 4.57 Å². The first-order chi connectivity index (χ1) is 13.0. The van der Waals surface area contributed by atoms with Gasteiger partial charge in [0.15, 0.2) is 16.3 Å². The summed E-state index contributed by atoms with van der Waals surface area (Å²) in [4.78, 5) is 17.2. The van der Waals surface area contributed by atoms with Crippen molar-refractivity contribution < 1.29 is 18.7 Å². The number of carbonyl (C=O) groups is 1. The molecule has 27 heavy (non-hydrogen) atoms. The molecule has 0 fully saturated rings. The fraction of sp³-hybridized carbons (Fsp3) is 0.158. The minimum atomic E-state index is -0.553. The summed E-state index contributed by atoms with van der Waals surface area (Å²) in [5.41, 5.74) is 0.963. The van der Waals surface area contributed by atoms with Crippen molar-refractivity contribution in [2.45, 2.75) is 6.54 Å². The Morgan fingerprint density at radius 1 is 1.30 bits per heavy atom. The predicted molar refractivity (Wildman–Crippen MR) is 104 cm³/mol. The topological polar surface area (TPSA) is 52.8 Å². The van der Waals surface area contributed by atoms with Gasteiger partial charge in [0.05, 0.1) is 35.0 Å². The molecule has 0 aliphatic rings. The van der Waals surface area contributed by atoms with Crippen LogP contribution in [0, 0.1) is 5.82 Å². The number of hydrogen-bond donors (Lipinski definition) is 0. The van der Waals surface area contributed by atoms with Gasteiger partial charge in [0.1, 0.15) is 5.82 Å². The number of halogens is 2. The zero-order chi connectivity index (χ0) is 19.6. The third kappa shape index (κ3) is 3.74. The van der Waals surface area contributed by atoms with Crippen molar-refractivity contribution in [2.75, 3.05) is 14.2 Å². The van der Waals surface area contributed by atoms with Crippen LogP contribution in [0.1, 0.15) is 10.4 Å². The standard InChI is InChI=1S/C19H16ClFN2O3S/c1-4-7-23-14-9-15(25-2)16(26-3)10-17(14)27-19(23)22-18(24)12-6-5-11(21)8-13(12)20/h4-6,8-10H,1,7H2,2-3H3. The van der Waals surface area contributed by atoms with Gasteiger partial charge in [-0.1, -0.05) is 29.0 Å². The number of allylic oxidation sites excluding steroid dienone is 1. The number of thiazole rings is 1. The third-order valence-corrected chi connectivity index (χ3v) is 5.21. The lowest BCUT2D eigenvalue weighted by molar-refractivity contribution is 0.0998. The molecule has 1 heterocycles. The van der Waals surface area contributed by atoms with E-state index in [-0.39, 0.29) is 10.6 Å². The van der Waals surface area contributed by atoms with Crippen LogP contribution in [0.4, 0.5) is 4.39 Å². The summed E-state index contributed by atoms with van der Waals surface area (Å²) in [7, 11) is 3.11. The van der Waals surface area contributed by atoms with Crippen molar-refractivity contribution in [3.63, 3.8) is 0 Å². The SMILES string of the molecule is C=CCn1c(=NC(=O)c2ccc(F)cc2Cl)sc2cc(OC)c(OC)cc21. The Morgan fingerprint density at radius 2 is 2.00 bits per heavy atom. The molecule has 1 aromatic heterocycles. The molecule has 0 aliphatic carbocycles. The lowest BCUT2D eigenvalue weighted by Crippen LogP contribution is -2.16. The molecule has 1 amide bonds. The largest absolute Gasteiger partial charge is 0.493 e. The Labute approximate surface area is 163 Å². The number of benzene rings is 2. The first kappa shape index (κ1) is 19.1. The van der Waals surface area contributed by atoms with Crippen LogP contribution in [0.25, 0.3) is 10.2 Å². The number of ether oxygens (including phenoxy) is 2. The third-order valence-electron chi connectivity index (χ3n) is 3.86. The van der Waals surface area contributed by atoms with Gasteiger partial charge in [0, 0.05) is 18.7 Å². The summed E-state index contributed by atoms with van der Waals surface area (Å²) in [6.45, 7) is 4.20. The van der Waals surface area contributed by atoms with Crippen LogP contribution < -0.4 is 14.3 Å². The normalized spacial score (nSPS) is 11.6. The lowest BCUT2D eigenvalue weighted by Gasteiger charge is -2.08. The zero-order valence-corrected chi connectivity index (χ0v) is 16.2. The average Bonchev–Trinajstić information content (AvgIpc) is 2.96. The molecule has 0 spiro atoms. The highest BCUT2D eigenvalue weighted by atomic mass is 35.5. The lowest BCUT2D eigenvalue weighted by atomic mass is 10.2. The van der Waals surface area contributed by atoms with Crippen molar-refractivity contribution in [2.24, 2.45) is 4.99 Å². The summed E-state index contributed by atoms with van der Waals surface area (Å²) >= 11 is 7.30. The van der Waals surface area contributed by atoms with E-state index in [1.54, 1.807) is 20.3 Å². The minimum absolute atomic E-state index is 0.0171. The van der Waals surface area contributed by atoms with E-state index in [9.17, 15) is 9.18 Å². The van der Waals surface area contributed by atoms with Gasteiger partial charge in [0.2, 0.25) is 0 Å². The van der Waals surface area contributed by atoms with Crippen molar-refractivity contribution in [1.29, 1.82) is 0 Å². The van der Waals surface area contributed by atoms with Gasteiger partial charge in [-0.3, -0.25) is 4.79 Å². The molecular weight excluding hydrogens is 391 g/mol. The second-order valence-corrected chi connectivity index (χ2v) is 6.92. The molecule has 0 bridgehead atoms. The molecule has 0 unspecified atom stereocenters. The predicted octanol–water partition coefficient (Wildman–Crippen LogP) is 4.44. The maximum Gasteiger partial charge on any atom is 0.281 e. The number of amides is 1. The van der Waals surface area contributed by atoms with E-state index in [2.05, 4.69) is 11.6 Å². The molecule has 3 rings (SSSR count). The van der Waals surface area contributed by atoms with Gasteiger partial charge >= 0.3 is 0 Å². The average molecular weight is 407 g/mol. The van der Waals surface area contributed by atoms with Gasteiger partial charge in [-0.25, -0.2) is 4.39 Å². The van der Waals surface area contributed by atoms with E-state index in [4.69, 9.17) is 21.1 Å². The number of carbonyl (C=O) groups excluding carboxylic acids is 1. The first-order valence-corrected chi connectivity index (χ1v) is 9.08. The highest BCUT2D eigenvalue weighted by Crippen LogP contribution is 2.33. The van der Waals surface area contributed by atoms with E-state index in [0.29, 0.717) is 22.8 Å². The van der Waals surface area contributed by atoms with Crippen LogP contribution in [0.2, 0.25) is 5.02 Å². The smallest absolute Gasteiger partial charge is 0.281 e. The molecule has 2 aromatic carbocycles. The number of nitrogens with zero attached hydrogens (tertiary/aromatic N) is 2. The Morgan fingerprint density at radius 3 is 2.63 bits per heavy atom. The summed E-state index contributed by atoms with van der Waals surface area (Å²) < 4.78 is 26.6. The summed E-state index contributed by atoms with van der Waals surface area (Å²) in [5.74, 6) is 0.0825. The van der Waals surface area contributed by atoms with Gasteiger partial charge in [-0.05, 0) is 18.2 Å². The van der Waals surface area contributed by atoms with Gasteiger partial charge in [-0.2, -0.15) is 4.99 Å². The number of rotatable bonds is 5. The van der Waals surface area contributed by atoms with Crippen LogP contribution in [0.5, 0.6) is 11.5 Å². The molecular formula is C19H16ClFN2O3S. The summed E-state index contributed by atoms with van der Waals surface area (Å²) in [6.07, 6.45) is 1.71. The fourth-order valence-corrected chi connectivity index (χ4v) is 3.89. The Kier molecular flexibility index (Phi) is 5.62. The number of aromatic nitrogens is 1. The van der Waals surface area contributed by atoms with Crippen LogP contribution in [0.3, 0.4) is 0 Å². The van der Waals surface area contributed by atoms with Gasteiger partial charge in [0.25, 0.3) is 5.91 Å². The molecule has 8 heteroatoms. The quantitative estimate of drug-likeness (QED) is 0.588. The molecule has 0 aliphatic heterocycles. The second-order valence-electron chi connectivity index (χ2n) is 5.50. The van der Waals surface area contributed by atoms with Crippen LogP contribution >= 0.6 is 22.9 Å². The molecule has 3 aromatic rings. The van der Waals surface area contributed by atoms with Crippen molar-refractivity contribution in [3.8, 4) is 11.5 Å². The van der Waals surface area contributed by atoms with E-state index < -0.39 is 11.7 Å². The van der Waals surface area contributed by atoms with E-state index in [0.717, 1.165) is 16.3 Å². The Bertz CT molecular complexity index is 1100. The van der Waals surface area contributed by atoms with E-state index in [1.165, 1.54) is 23.5 Å². The molecule has 0 saturated heterocycles. The minimum Gasteiger partial charge on any atom is -0.493 e. The Hall–Kier alpha value is -2.64. The molecule has 0 saturated carbocycles. The first-order valence-electron chi connectivity index (χ1n) is 7.88. The second kappa shape index (κ2) is 7.94. The highest BCUT2D eigenvalue weighted by Gasteiger charge is 2.14. The van der Waals surface area contributed by atoms with Crippen LogP contribution in [0.15, 0.2) is 48.0 Å². The number of methoxy groups -OCH3 is 2. The fourth-order valence-electron chi connectivity index (χ4n) is 2.60. The maximum absolute atomic E-state index is 13.2. The zero-order valence-electron chi connectivity index (χ0n) is 14.7. The molecule has 0 atom stereocenters. The number of fused-ring (bicyclic) bond motifs is 1. The molecule has 0 N–H and O–H groups in total. The van der Waals surface area contributed by atoms with E-state index in [1.807, 2.05) is 16.7 Å². The van der Waals surface area contributed by atoms with Crippen LogP contribution in [-0.2, 0) is 6.54 Å². The molecule has 140 valence electrons. The van der Waals surface area contributed by atoms with Crippen molar-refractivity contribution >= 4 is 39.1 Å². The van der Waals surface area contributed by atoms with E-state index >= 15 is 0 Å². The summed E-state index contributed by atoms with van der Waals surface area (Å²) in [6, 6.07) is 7.23. The monoisotopic (exact) mass is 406 g/mol. The summed E-state index contributed by atoms with van der Waals surface area (Å²) in [5, 5.41) is 0.0171. The number of hydrogen-bond acceptors (Lipinski definition) is 4. The van der Waals surface area contributed by atoms with Crippen LogP contribution in [-0.4, -0.2) is 24.7 Å². The van der Waals surface area contributed by atoms with Gasteiger partial charge < -0.3 is 14.0 Å². The van der Waals surface area contributed by atoms with Crippen molar-refractivity contribution in [3.05, 3.63) is 64.2 Å². The Balaban J connectivity index is 2.20. The van der Waals surface area contributed by atoms with Gasteiger partial charge in [-0.15, -0.1) is 6.58 Å². The molecule has 0 radical (unpaired) electrons. The maximum atomic E-state index is 13.2. The molecule has 5 nitrogen and oxygen atoms in total. The highest BCUT2D eigenvalue weighted by molar-refractivity contribution is 7.16.